The summed E-state index contributed by atoms with van der Waals surface area (Å²) in [5, 5.41) is 10.2. The second kappa shape index (κ2) is 7.30. The summed E-state index contributed by atoms with van der Waals surface area (Å²) in [7, 11) is 0. The molecule has 0 amide bonds. The SMILES string of the molecule is CCCC1C(CCC)[C@H]2[C@@H]3CCC4=CC(=O)CC[C@]4(C)[C@@H]3CC[C@]2(C)C1C#N. The first-order chi connectivity index (χ1) is 13.4. The van der Waals surface area contributed by atoms with Gasteiger partial charge in [-0.2, -0.15) is 5.26 Å². The van der Waals surface area contributed by atoms with Crippen LogP contribution in [0.1, 0.15) is 91.9 Å². The van der Waals surface area contributed by atoms with Crippen LogP contribution < -0.4 is 0 Å². The fourth-order valence-corrected chi connectivity index (χ4v) is 8.69. The lowest BCUT2D eigenvalue weighted by atomic mass is 9.46. The number of carbonyl (C=O) groups is 1. The van der Waals surface area contributed by atoms with Crippen molar-refractivity contribution >= 4 is 5.78 Å². The van der Waals surface area contributed by atoms with Gasteiger partial charge in [0, 0.05) is 6.42 Å². The van der Waals surface area contributed by atoms with Crippen LogP contribution in [0.15, 0.2) is 11.6 Å². The van der Waals surface area contributed by atoms with E-state index in [0.717, 1.165) is 37.0 Å². The molecule has 2 heteroatoms. The molecule has 0 heterocycles. The third-order valence-electron chi connectivity index (χ3n) is 9.79. The molecule has 3 saturated carbocycles. The molecule has 4 aliphatic carbocycles. The minimum absolute atomic E-state index is 0.206. The molecule has 0 bridgehead atoms. The number of allylic oxidation sites excluding steroid dienone is 1. The van der Waals surface area contributed by atoms with Gasteiger partial charge in [-0.15, -0.1) is 0 Å². The van der Waals surface area contributed by atoms with Crippen LogP contribution in [0, 0.1) is 57.7 Å². The Morgan fingerprint density at radius 2 is 1.79 bits per heavy atom. The summed E-state index contributed by atoms with van der Waals surface area (Å²) in [6.07, 6.45) is 13.6. The molecular weight excluding hydrogens is 342 g/mol. The van der Waals surface area contributed by atoms with E-state index in [1.54, 1.807) is 0 Å². The minimum Gasteiger partial charge on any atom is -0.295 e. The van der Waals surface area contributed by atoms with Gasteiger partial charge in [0.1, 0.15) is 0 Å². The van der Waals surface area contributed by atoms with Crippen molar-refractivity contribution in [2.24, 2.45) is 46.3 Å². The van der Waals surface area contributed by atoms with Crippen molar-refractivity contribution in [3.63, 3.8) is 0 Å². The first kappa shape index (κ1) is 20.2. The van der Waals surface area contributed by atoms with Gasteiger partial charge in [-0.3, -0.25) is 4.79 Å². The zero-order chi connectivity index (χ0) is 20.1. The van der Waals surface area contributed by atoms with Crippen LogP contribution in [0.3, 0.4) is 0 Å². The monoisotopic (exact) mass is 381 g/mol. The average Bonchev–Trinajstić information content (AvgIpc) is 2.90. The molecule has 0 spiro atoms. The topological polar surface area (TPSA) is 40.9 Å². The number of carbonyl (C=O) groups excluding carboxylic acids is 1. The van der Waals surface area contributed by atoms with E-state index < -0.39 is 0 Å². The maximum atomic E-state index is 12.1. The first-order valence-corrected chi connectivity index (χ1v) is 12.0. The largest absolute Gasteiger partial charge is 0.295 e. The summed E-state index contributed by atoms with van der Waals surface area (Å²) < 4.78 is 0. The van der Waals surface area contributed by atoms with Crippen molar-refractivity contribution in [1.29, 1.82) is 5.26 Å². The molecular formula is C26H39NO. The standard InChI is InChI=1S/C26H39NO/c1-5-7-19-20(8-6-2)24-21-10-9-17-15-18(28)11-13-25(17,3)22(21)12-14-26(24,4)23(19)16-27/h15,19-24H,5-14H2,1-4H3/t19?,20?,21-,22-,23?,24+,25+,26-/m1/s1. The van der Waals surface area contributed by atoms with Crippen LogP contribution in [-0.4, -0.2) is 5.78 Å². The lowest BCUT2D eigenvalue weighted by Gasteiger charge is -2.58. The van der Waals surface area contributed by atoms with E-state index in [4.69, 9.17) is 0 Å². The number of nitriles is 1. The van der Waals surface area contributed by atoms with Gasteiger partial charge < -0.3 is 0 Å². The number of nitrogens with zero attached hydrogens (tertiary/aromatic N) is 1. The Bertz CT molecular complexity index is 702. The highest BCUT2D eigenvalue weighted by Gasteiger charge is 2.64. The van der Waals surface area contributed by atoms with Crippen LogP contribution in [0.2, 0.25) is 0 Å². The van der Waals surface area contributed by atoms with E-state index in [-0.39, 0.29) is 16.7 Å². The van der Waals surface area contributed by atoms with E-state index in [9.17, 15) is 10.1 Å². The lowest BCUT2D eigenvalue weighted by Crippen LogP contribution is -2.51. The Labute approximate surface area is 172 Å². The second-order valence-corrected chi connectivity index (χ2v) is 10.9. The van der Waals surface area contributed by atoms with Crippen molar-refractivity contribution in [2.45, 2.75) is 91.9 Å². The number of hydrogen-bond donors (Lipinski definition) is 0. The summed E-state index contributed by atoms with van der Waals surface area (Å²) in [5.74, 6) is 4.11. The van der Waals surface area contributed by atoms with E-state index in [1.807, 2.05) is 6.08 Å². The molecule has 0 radical (unpaired) electrons. The fourth-order valence-electron chi connectivity index (χ4n) is 8.69. The van der Waals surface area contributed by atoms with Gasteiger partial charge in [-0.05, 0) is 85.0 Å². The Hall–Kier alpha value is -1.10. The molecule has 0 N–H and O–H groups in total. The van der Waals surface area contributed by atoms with Gasteiger partial charge in [-0.25, -0.2) is 0 Å². The third kappa shape index (κ3) is 2.75. The minimum atomic E-state index is 0.206. The van der Waals surface area contributed by atoms with Crippen LogP contribution in [0.4, 0.5) is 0 Å². The summed E-state index contributed by atoms with van der Waals surface area (Å²) in [6, 6.07) is 2.84. The first-order valence-electron chi connectivity index (χ1n) is 12.0. The third-order valence-corrected chi connectivity index (χ3v) is 9.79. The Morgan fingerprint density at radius 1 is 1.07 bits per heavy atom. The molecule has 8 atom stereocenters. The maximum Gasteiger partial charge on any atom is 0.155 e. The maximum absolute atomic E-state index is 12.1. The molecule has 0 aromatic heterocycles. The molecule has 154 valence electrons. The molecule has 0 saturated heterocycles. The Balaban J connectivity index is 1.73. The van der Waals surface area contributed by atoms with E-state index in [0.29, 0.717) is 17.6 Å². The number of rotatable bonds is 4. The van der Waals surface area contributed by atoms with Crippen molar-refractivity contribution in [1.82, 2.24) is 0 Å². The van der Waals surface area contributed by atoms with E-state index in [2.05, 4.69) is 33.8 Å². The quantitative estimate of drug-likeness (QED) is 0.543. The predicted octanol–water partition coefficient (Wildman–Crippen LogP) is 6.71. The Kier molecular flexibility index (Phi) is 5.26. The fraction of sp³-hybridized carbons (Fsp3) is 0.846. The molecule has 3 unspecified atom stereocenters. The number of fused-ring (bicyclic) bond motifs is 5. The van der Waals surface area contributed by atoms with Crippen LogP contribution in [0.25, 0.3) is 0 Å². The van der Waals surface area contributed by atoms with Gasteiger partial charge >= 0.3 is 0 Å². The van der Waals surface area contributed by atoms with Crippen molar-refractivity contribution < 1.29 is 4.79 Å². The zero-order valence-electron chi connectivity index (χ0n) is 18.5. The normalized spacial score (nSPS) is 47.5. The smallest absolute Gasteiger partial charge is 0.155 e. The molecule has 28 heavy (non-hydrogen) atoms. The van der Waals surface area contributed by atoms with Gasteiger partial charge in [-0.1, -0.05) is 52.5 Å². The highest BCUT2D eigenvalue weighted by Crippen LogP contribution is 2.70. The van der Waals surface area contributed by atoms with Crippen molar-refractivity contribution in [3.8, 4) is 6.07 Å². The summed E-state index contributed by atoms with van der Waals surface area (Å²) in [6.45, 7) is 9.58. The Morgan fingerprint density at radius 3 is 2.46 bits per heavy atom. The van der Waals surface area contributed by atoms with Crippen molar-refractivity contribution in [2.75, 3.05) is 0 Å². The summed E-state index contributed by atoms with van der Waals surface area (Å²) in [5.41, 5.74) is 1.90. The van der Waals surface area contributed by atoms with Crippen LogP contribution in [0.5, 0.6) is 0 Å². The van der Waals surface area contributed by atoms with Crippen molar-refractivity contribution in [3.05, 3.63) is 11.6 Å². The molecule has 2 nitrogen and oxygen atoms in total. The summed E-state index contributed by atoms with van der Waals surface area (Å²) >= 11 is 0. The molecule has 0 aliphatic heterocycles. The molecule has 3 fully saturated rings. The highest BCUT2D eigenvalue weighted by atomic mass is 16.1. The molecule has 0 aromatic rings. The van der Waals surface area contributed by atoms with Gasteiger partial charge in [0.25, 0.3) is 0 Å². The van der Waals surface area contributed by atoms with Crippen LogP contribution >= 0.6 is 0 Å². The van der Waals surface area contributed by atoms with Crippen LogP contribution in [-0.2, 0) is 4.79 Å². The predicted molar refractivity (Wildman–Crippen MR) is 113 cm³/mol. The van der Waals surface area contributed by atoms with E-state index >= 15 is 0 Å². The summed E-state index contributed by atoms with van der Waals surface area (Å²) in [4.78, 5) is 12.1. The molecule has 4 rings (SSSR count). The van der Waals surface area contributed by atoms with Gasteiger partial charge in [0.2, 0.25) is 0 Å². The lowest BCUT2D eigenvalue weighted by molar-refractivity contribution is -0.117. The molecule has 4 aliphatic rings. The average molecular weight is 382 g/mol. The van der Waals surface area contributed by atoms with Gasteiger partial charge in [0.15, 0.2) is 5.78 Å². The second-order valence-electron chi connectivity index (χ2n) is 10.9. The van der Waals surface area contributed by atoms with Gasteiger partial charge in [0.05, 0.1) is 12.0 Å². The number of ketones is 1. The van der Waals surface area contributed by atoms with E-state index in [1.165, 1.54) is 50.5 Å². The zero-order valence-corrected chi connectivity index (χ0v) is 18.5. The highest BCUT2D eigenvalue weighted by molar-refractivity contribution is 5.91. The molecule has 0 aromatic carbocycles. The number of hydrogen-bond acceptors (Lipinski definition) is 2.